The molecule has 0 heterocycles. The summed E-state index contributed by atoms with van der Waals surface area (Å²) >= 11 is 1.53. The first kappa shape index (κ1) is 21.5. The predicted molar refractivity (Wildman–Crippen MR) is 109 cm³/mol. The van der Waals surface area contributed by atoms with Crippen LogP contribution in [0.25, 0.3) is 0 Å². The third-order valence-electron chi connectivity index (χ3n) is 4.23. The van der Waals surface area contributed by atoms with Gasteiger partial charge in [0.05, 0.1) is 5.56 Å². The summed E-state index contributed by atoms with van der Waals surface area (Å²) < 4.78 is 5.72. The lowest BCUT2D eigenvalue weighted by Crippen LogP contribution is -2.41. The van der Waals surface area contributed by atoms with E-state index in [9.17, 15) is 19.5 Å². The maximum absolute atomic E-state index is 12.3. The highest BCUT2D eigenvalue weighted by atomic mass is 32.2. The number of carboxylic acid groups (broad SMARTS) is 1. The van der Waals surface area contributed by atoms with Gasteiger partial charge in [0.25, 0.3) is 5.91 Å². The van der Waals surface area contributed by atoms with Crippen LogP contribution in [0.5, 0.6) is 5.75 Å². The number of aldehydes is 1. The molecule has 0 aliphatic carbocycles. The number of carbonyl (C=O) groups is 3. The summed E-state index contributed by atoms with van der Waals surface area (Å²) in [6.07, 6.45) is 3.02. The predicted octanol–water partition coefficient (Wildman–Crippen LogP) is 3.32. The number of hydrogen-bond acceptors (Lipinski definition) is 5. The van der Waals surface area contributed by atoms with Crippen LogP contribution in [0.4, 0.5) is 0 Å². The van der Waals surface area contributed by atoms with Crippen molar-refractivity contribution in [2.75, 3.05) is 12.0 Å². The zero-order chi connectivity index (χ0) is 20.5. The Hall–Kier alpha value is -2.80. The van der Waals surface area contributed by atoms with E-state index in [0.717, 1.165) is 17.4 Å². The first-order chi connectivity index (χ1) is 13.5. The van der Waals surface area contributed by atoms with Gasteiger partial charge in [0.1, 0.15) is 18.4 Å². The minimum Gasteiger partial charge on any atom is -0.488 e. The number of carbonyl (C=O) groups excluding carboxylic acids is 2. The molecule has 0 aliphatic heterocycles. The molecule has 0 bridgehead atoms. The van der Waals surface area contributed by atoms with Crippen molar-refractivity contribution in [3.63, 3.8) is 0 Å². The van der Waals surface area contributed by atoms with Crippen molar-refractivity contribution in [1.82, 2.24) is 5.32 Å². The van der Waals surface area contributed by atoms with E-state index in [-0.39, 0.29) is 6.61 Å². The van der Waals surface area contributed by atoms with Gasteiger partial charge in [-0.2, -0.15) is 11.8 Å². The number of benzene rings is 2. The summed E-state index contributed by atoms with van der Waals surface area (Å²) in [7, 11) is 0. The zero-order valence-corrected chi connectivity index (χ0v) is 16.6. The van der Waals surface area contributed by atoms with E-state index in [1.807, 2.05) is 25.3 Å². The maximum atomic E-state index is 12.3. The Labute approximate surface area is 168 Å². The van der Waals surface area contributed by atoms with Crippen molar-refractivity contribution in [2.24, 2.45) is 0 Å². The molecule has 0 radical (unpaired) electrons. The number of carboxylic acids is 1. The molecule has 6 nitrogen and oxygen atoms in total. The van der Waals surface area contributed by atoms with Crippen LogP contribution in [0, 0.1) is 6.92 Å². The normalized spacial score (nSPS) is 11.5. The fourth-order valence-electron chi connectivity index (χ4n) is 2.58. The van der Waals surface area contributed by atoms with Crippen LogP contribution in [0.3, 0.4) is 0 Å². The van der Waals surface area contributed by atoms with Gasteiger partial charge in [-0.1, -0.05) is 24.3 Å². The van der Waals surface area contributed by atoms with Gasteiger partial charge in [0.15, 0.2) is 6.29 Å². The molecule has 0 aromatic heterocycles. The van der Waals surface area contributed by atoms with Crippen LogP contribution in [-0.4, -0.2) is 41.3 Å². The molecule has 1 amide bonds. The maximum Gasteiger partial charge on any atom is 0.326 e. The van der Waals surface area contributed by atoms with Crippen LogP contribution in [0.1, 0.15) is 38.3 Å². The molecule has 148 valence electrons. The summed E-state index contributed by atoms with van der Waals surface area (Å²) in [5.74, 6) is -0.315. The molecular formula is C21H23NO5S. The SMILES string of the molecule is CSCC[C@H](NC(=O)c1ccc(COc2cccc(C)c2C=O)cc1)C(=O)O. The second-order valence-corrected chi connectivity index (χ2v) is 7.22. The van der Waals surface area contributed by atoms with Crippen molar-refractivity contribution >= 4 is 29.9 Å². The molecule has 2 rings (SSSR count). The third-order valence-corrected chi connectivity index (χ3v) is 4.87. The van der Waals surface area contributed by atoms with E-state index >= 15 is 0 Å². The molecule has 7 heteroatoms. The van der Waals surface area contributed by atoms with Crippen LogP contribution in [0.15, 0.2) is 42.5 Å². The van der Waals surface area contributed by atoms with E-state index in [4.69, 9.17) is 4.74 Å². The Morgan fingerprint density at radius 2 is 1.93 bits per heavy atom. The Morgan fingerprint density at radius 1 is 1.21 bits per heavy atom. The average molecular weight is 401 g/mol. The van der Waals surface area contributed by atoms with E-state index < -0.39 is 17.9 Å². The van der Waals surface area contributed by atoms with Crippen LogP contribution in [-0.2, 0) is 11.4 Å². The second kappa shape index (κ2) is 10.5. The molecule has 0 aliphatic rings. The van der Waals surface area contributed by atoms with E-state index in [2.05, 4.69) is 5.32 Å². The molecule has 2 aromatic carbocycles. The number of hydrogen-bond donors (Lipinski definition) is 2. The van der Waals surface area contributed by atoms with Crippen molar-refractivity contribution < 1.29 is 24.2 Å². The Morgan fingerprint density at radius 3 is 2.54 bits per heavy atom. The largest absolute Gasteiger partial charge is 0.488 e. The van der Waals surface area contributed by atoms with Crippen molar-refractivity contribution in [3.05, 3.63) is 64.7 Å². The Bertz CT molecular complexity index is 835. The quantitative estimate of drug-likeness (QED) is 0.593. The van der Waals surface area contributed by atoms with Crippen molar-refractivity contribution in [3.8, 4) is 5.75 Å². The molecule has 1 atom stereocenters. The van der Waals surface area contributed by atoms with E-state index in [1.54, 1.807) is 30.3 Å². The number of aryl methyl sites for hydroxylation is 1. The number of thioether (sulfide) groups is 1. The number of rotatable bonds is 10. The lowest BCUT2D eigenvalue weighted by Gasteiger charge is -2.14. The lowest BCUT2D eigenvalue weighted by atomic mass is 10.1. The summed E-state index contributed by atoms with van der Waals surface area (Å²) in [5.41, 5.74) is 2.56. The minimum absolute atomic E-state index is 0.248. The molecule has 0 fully saturated rings. The Kier molecular flexibility index (Phi) is 8.07. The molecule has 2 N–H and O–H groups in total. The molecule has 0 unspecified atom stereocenters. The number of ether oxygens (including phenoxy) is 1. The smallest absolute Gasteiger partial charge is 0.326 e. The molecular weight excluding hydrogens is 378 g/mol. The minimum atomic E-state index is -1.04. The monoisotopic (exact) mass is 401 g/mol. The molecule has 0 saturated heterocycles. The molecule has 2 aromatic rings. The summed E-state index contributed by atoms with van der Waals surface area (Å²) in [5, 5.41) is 11.8. The summed E-state index contributed by atoms with van der Waals surface area (Å²) in [6.45, 7) is 2.09. The second-order valence-electron chi connectivity index (χ2n) is 6.24. The van der Waals surface area contributed by atoms with Gasteiger partial charge in [-0.3, -0.25) is 9.59 Å². The molecule has 0 spiro atoms. The molecule has 28 heavy (non-hydrogen) atoms. The van der Waals surface area contributed by atoms with Gasteiger partial charge in [0, 0.05) is 5.56 Å². The number of aliphatic carboxylic acids is 1. The van der Waals surface area contributed by atoms with Gasteiger partial charge in [-0.15, -0.1) is 0 Å². The molecule has 0 saturated carbocycles. The van der Waals surface area contributed by atoms with Gasteiger partial charge in [-0.25, -0.2) is 4.79 Å². The van der Waals surface area contributed by atoms with E-state index in [0.29, 0.717) is 29.1 Å². The highest BCUT2D eigenvalue weighted by molar-refractivity contribution is 7.98. The van der Waals surface area contributed by atoms with Crippen LogP contribution in [0.2, 0.25) is 0 Å². The first-order valence-corrected chi connectivity index (χ1v) is 10.1. The summed E-state index contributed by atoms with van der Waals surface area (Å²) in [4.78, 5) is 34.8. The van der Waals surface area contributed by atoms with Crippen molar-refractivity contribution in [1.29, 1.82) is 0 Å². The van der Waals surface area contributed by atoms with E-state index in [1.165, 1.54) is 11.8 Å². The zero-order valence-electron chi connectivity index (χ0n) is 15.8. The van der Waals surface area contributed by atoms with Gasteiger partial charge >= 0.3 is 5.97 Å². The van der Waals surface area contributed by atoms with Gasteiger partial charge < -0.3 is 15.2 Å². The highest BCUT2D eigenvalue weighted by Gasteiger charge is 2.20. The first-order valence-electron chi connectivity index (χ1n) is 8.75. The number of amides is 1. The summed E-state index contributed by atoms with van der Waals surface area (Å²) in [6, 6.07) is 11.2. The topological polar surface area (TPSA) is 92.7 Å². The van der Waals surface area contributed by atoms with Crippen molar-refractivity contribution in [2.45, 2.75) is 26.0 Å². The number of nitrogens with one attached hydrogen (secondary N) is 1. The Balaban J connectivity index is 1.99. The van der Waals surface area contributed by atoms with Gasteiger partial charge in [0.2, 0.25) is 0 Å². The van der Waals surface area contributed by atoms with Crippen LogP contribution >= 0.6 is 11.8 Å². The fourth-order valence-corrected chi connectivity index (χ4v) is 3.05. The van der Waals surface area contributed by atoms with Gasteiger partial charge in [-0.05, 0) is 54.7 Å². The standard InChI is InChI=1S/C21H23NO5S/c1-14-4-3-5-19(17(14)12-23)27-13-15-6-8-16(9-7-15)20(24)22-18(21(25)26)10-11-28-2/h3-9,12,18H,10-11,13H2,1-2H3,(H,22,24)(H,25,26)/t18-/m0/s1. The third kappa shape index (κ3) is 5.85. The highest BCUT2D eigenvalue weighted by Crippen LogP contribution is 2.21. The van der Waals surface area contributed by atoms with Crippen LogP contribution < -0.4 is 10.1 Å². The lowest BCUT2D eigenvalue weighted by molar-refractivity contribution is -0.139. The average Bonchev–Trinajstić information content (AvgIpc) is 2.69. The fraction of sp³-hybridized carbons (Fsp3) is 0.286.